The Morgan fingerprint density at radius 2 is 1.94 bits per heavy atom. The van der Waals surface area contributed by atoms with Gasteiger partial charge in [0.15, 0.2) is 0 Å². The van der Waals surface area contributed by atoms with Crippen LogP contribution in [0, 0.1) is 0 Å². The SMILES string of the molecule is O=C1CCC(C(=O)N2CCN(C3CC3)C(=O)C2)N1. The first-order valence-electron chi connectivity index (χ1n) is 6.53. The fraction of sp³-hybridized carbons (Fsp3) is 0.750. The monoisotopic (exact) mass is 251 g/mol. The van der Waals surface area contributed by atoms with E-state index in [1.807, 2.05) is 4.90 Å². The number of carbonyl (C=O) groups excluding carboxylic acids is 3. The van der Waals surface area contributed by atoms with Gasteiger partial charge in [0.1, 0.15) is 6.04 Å². The predicted octanol–water partition coefficient (Wildman–Crippen LogP) is -0.902. The molecule has 3 aliphatic rings. The van der Waals surface area contributed by atoms with E-state index in [0.29, 0.717) is 32.0 Å². The zero-order valence-electron chi connectivity index (χ0n) is 10.2. The molecule has 1 atom stereocenters. The van der Waals surface area contributed by atoms with Crippen LogP contribution in [0.3, 0.4) is 0 Å². The first-order chi connectivity index (χ1) is 8.65. The van der Waals surface area contributed by atoms with E-state index >= 15 is 0 Å². The van der Waals surface area contributed by atoms with Crippen molar-refractivity contribution in [2.45, 2.75) is 37.8 Å². The highest BCUT2D eigenvalue weighted by Gasteiger charge is 2.39. The molecular weight excluding hydrogens is 234 g/mol. The van der Waals surface area contributed by atoms with Gasteiger partial charge in [-0.1, -0.05) is 0 Å². The summed E-state index contributed by atoms with van der Waals surface area (Å²) in [6.45, 7) is 1.39. The Bertz CT molecular complexity index is 405. The van der Waals surface area contributed by atoms with Gasteiger partial charge in [-0.2, -0.15) is 0 Å². The lowest BCUT2D eigenvalue weighted by molar-refractivity contribution is -0.146. The number of piperazine rings is 1. The second-order valence-corrected chi connectivity index (χ2v) is 5.24. The standard InChI is InChI=1S/C12H17N3O3/c16-10-4-3-9(13-10)12(18)14-5-6-15(8-1-2-8)11(17)7-14/h8-9H,1-7H2,(H,13,16). The molecule has 2 heterocycles. The Balaban J connectivity index is 1.59. The van der Waals surface area contributed by atoms with Crippen molar-refractivity contribution in [3.05, 3.63) is 0 Å². The minimum absolute atomic E-state index is 0.0430. The molecule has 0 aromatic carbocycles. The maximum atomic E-state index is 12.1. The van der Waals surface area contributed by atoms with Crippen LogP contribution < -0.4 is 5.32 Å². The van der Waals surface area contributed by atoms with Gasteiger partial charge in [-0.3, -0.25) is 14.4 Å². The molecule has 2 aliphatic heterocycles. The van der Waals surface area contributed by atoms with Gasteiger partial charge in [0.25, 0.3) is 0 Å². The topological polar surface area (TPSA) is 69.7 Å². The Hall–Kier alpha value is -1.59. The number of rotatable bonds is 2. The third kappa shape index (κ3) is 2.07. The molecule has 0 aromatic heterocycles. The molecule has 6 nitrogen and oxygen atoms in total. The fourth-order valence-electron chi connectivity index (χ4n) is 2.67. The molecule has 0 aromatic rings. The maximum absolute atomic E-state index is 12.1. The summed E-state index contributed by atoms with van der Waals surface area (Å²) in [6, 6.07) is -0.00119. The molecule has 6 heteroatoms. The van der Waals surface area contributed by atoms with Crippen LogP contribution in [0.2, 0.25) is 0 Å². The second kappa shape index (κ2) is 4.26. The van der Waals surface area contributed by atoms with Crippen molar-refractivity contribution in [3.8, 4) is 0 Å². The van der Waals surface area contributed by atoms with Crippen LogP contribution in [0.25, 0.3) is 0 Å². The summed E-state index contributed by atoms with van der Waals surface area (Å²) in [6.07, 6.45) is 3.15. The van der Waals surface area contributed by atoms with E-state index in [4.69, 9.17) is 0 Å². The predicted molar refractivity (Wildman–Crippen MR) is 62.5 cm³/mol. The third-order valence-electron chi connectivity index (χ3n) is 3.85. The molecule has 2 saturated heterocycles. The molecule has 3 fully saturated rings. The van der Waals surface area contributed by atoms with E-state index in [1.54, 1.807) is 4.90 Å². The minimum Gasteiger partial charge on any atom is -0.344 e. The Morgan fingerprint density at radius 3 is 2.50 bits per heavy atom. The third-order valence-corrected chi connectivity index (χ3v) is 3.85. The van der Waals surface area contributed by atoms with E-state index in [-0.39, 0.29) is 24.3 Å². The highest BCUT2D eigenvalue weighted by atomic mass is 16.2. The van der Waals surface area contributed by atoms with Crippen LogP contribution >= 0.6 is 0 Å². The number of hydrogen-bond acceptors (Lipinski definition) is 3. The first kappa shape index (κ1) is 11.5. The van der Waals surface area contributed by atoms with E-state index in [0.717, 1.165) is 12.8 Å². The summed E-state index contributed by atoms with van der Waals surface area (Å²) in [4.78, 5) is 38.6. The summed E-state index contributed by atoms with van der Waals surface area (Å²) >= 11 is 0. The van der Waals surface area contributed by atoms with Crippen molar-refractivity contribution in [3.63, 3.8) is 0 Å². The van der Waals surface area contributed by atoms with Gasteiger partial charge in [-0.05, 0) is 19.3 Å². The second-order valence-electron chi connectivity index (χ2n) is 5.24. The number of amides is 3. The van der Waals surface area contributed by atoms with Crippen molar-refractivity contribution in [2.24, 2.45) is 0 Å². The number of hydrogen-bond donors (Lipinski definition) is 1. The molecule has 3 amide bonds. The lowest BCUT2D eigenvalue weighted by Gasteiger charge is -2.35. The smallest absolute Gasteiger partial charge is 0.245 e. The van der Waals surface area contributed by atoms with Gasteiger partial charge in [-0.15, -0.1) is 0 Å². The van der Waals surface area contributed by atoms with E-state index < -0.39 is 6.04 Å². The molecule has 1 saturated carbocycles. The summed E-state index contributed by atoms with van der Waals surface area (Å²) in [5.41, 5.74) is 0. The van der Waals surface area contributed by atoms with E-state index in [9.17, 15) is 14.4 Å². The van der Waals surface area contributed by atoms with Gasteiger partial charge in [0.05, 0.1) is 6.54 Å². The average Bonchev–Trinajstić information content (AvgIpc) is 3.10. The lowest BCUT2D eigenvalue weighted by atomic mass is 10.2. The van der Waals surface area contributed by atoms with Gasteiger partial charge in [-0.25, -0.2) is 0 Å². The fourth-order valence-corrected chi connectivity index (χ4v) is 2.67. The summed E-state index contributed by atoms with van der Waals surface area (Å²) < 4.78 is 0. The Morgan fingerprint density at radius 1 is 1.17 bits per heavy atom. The van der Waals surface area contributed by atoms with Gasteiger partial charge < -0.3 is 15.1 Å². The van der Waals surface area contributed by atoms with Gasteiger partial charge in [0, 0.05) is 25.6 Å². The van der Waals surface area contributed by atoms with Crippen LogP contribution in [0.1, 0.15) is 25.7 Å². The minimum atomic E-state index is -0.419. The quantitative estimate of drug-likeness (QED) is 0.691. The van der Waals surface area contributed by atoms with Gasteiger partial charge in [0.2, 0.25) is 17.7 Å². The summed E-state index contributed by atoms with van der Waals surface area (Å²) in [7, 11) is 0. The van der Waals surface area contributed by atoms with Crippen LogP contribution in [-0.2, 0) is 14.4 Å². The highest BCUT2D eigenvalue weighted by molar-refractivity contribution is 5.93. The number of nitrogens with one attached hydrogen (secondary N) is 1. The lowest BCUT2D eigenvalue weighted by Crippen LogP contribution is -2.56. The molecule has 0 spiro atoms. The largest absolute Gasteiger partial charge is 0.344 e. The van der Waals surface area contributed by atoms with E-state index in [1.165, 1.54) is 0 Å². The molecule has 98 valence electrons. The number of carbonyl (C=O) groups is 3. The zero-order valence-corrected chi connectivity index (χ0v) is 10.2. The average molecular weight is 251 g/mol. The molecule has 18 heavy (non-hydrogen) atoms. The van der Waals surface area contributed by atoms with Crippen LogP contribution in [0.5, 0.6) is 0 Å². The Labute approximate surface area is 105 Å². The summed E-state index contributed by atoms with van der Waals surface area (Å²) in [5, 5.41) is 2.66. The first-order valence-corrected chi connectivity index (χ1v) is 6.53. The van der Waals surface area contributed by atoms with Crippen molar-refractivity contribution in [2.75, 3.05) is 19.6 Å². The normalized spacial score (nSPS) is 28.6. The zero-order chi connectivity index (χ0) is 12.7. The molecule has 1 unspecified atom stereocenters. The maximum Gasteiger partial charge on any atom is 0.245 e. The molecule has 3 rings (SSSR count). The summed E-state index contributed by atoms with van der Waals surface area (Å²) in [5.74, 6) is -0.137. The molecule has 0 radical (unpaired) electrons. The molecule has 1 aliphatic carbocycles. The van der Waals surface area contributed by atoms with Crippen molar-refractivity contribution in [1.82, 2.24) is 15.1 Å². The van der Waals surface area contributed by atoms with Crippen LogP contribution in [0.4, 0.5) is 0 Å². The number of nitrogens with zero attached hydrogens (tertiary/aromatic N) is 2. The van der Waals surface area contributed by atoms with Crippen molar-refractivity contribution < 1.29 is 14.4 Å². The van der Waals surface area contributed by atoms with Crippen molar-refractivity contribution >= 4 is 17.7 Å². The highest BCUT2D eigenvalue weighted by Crippen LogP contribution is 2.28. The van der Waals surface area contributed by atoms with Crippen LogP contribution in [-0.4, -0.2) is 59.2 Å². The van der Waals surface area contributed by atoms with Gasteiger partial charge >= 0.3 is 0 Å². The molecule has 1 N–H and O–H groups in total. The van der Waals surface area contributed by atoms with Crippen LogP contribution in [0.15, 0.2) is 0 Å². The van der Waals surface area contributed by atoms with Crippen molar-refractivity contribution in [1.29, 1.82) is 0 Å². The van der Waals surface area contributed by atoms with E-state index in [2.05, 4.69) is 5.32 Å². The molecule has 0 bridgehead atoms. The molecular formula is C12H17N3O3. The Kier molecular flexibility index (Phi) is 2.72.